The molecule has 3 rings (SSSR count). The summed E-state index contributed by atoms with van der Waals surface area (Å²) in [6.45, 7) is 2.88. The number of aliphatic hydroxyl groups is 2. The Balaban J connectivity index is 0.000000366. The molecule has 1 aliphatic heterocycles. The molecule has 2 atom stereocenters. The Kier molecular flexibility index (Phi) is 10.3. The van der Waals surface area contributed by atoms with E-state index in [0.29, 0.717) is 6.54 Å². The predicted molar refractivity (Wildman–Crippen MR) is 98.1 cm³/mol. The van der Waals surface area contributed by atoms with Gasteiger partial charge in [-0.05, 0) is 30.5 Å². The third-order valence-corrected chi connectivity index (χ3v) is 3.95. The smallest absolute Gasteiger partial charge is 0.0994 e. The molecule has 0 bridgehead atoms. The number of rotatable bonds is 4. The van der Waals surface area contributed by atoms with Crippen LogP contribution in [0.25, 0.3) is 5.32 Å². The van der Waals surface area contributed by atoms with E-state index in [4.69, 9.17) is 15.5 Å². The Morgan fingerprint density at radius 1 is 1.23 bits per heavy atom. The molecule has 3 N–H and O–H groups in total. The second kappa shape index (κ2) is 12.0. The standard InChI is InChI=1S/C16H13N2.C4H11NO2.W/c17-11-14-8-4-7-12-9-10-18-16(15(12)14)13-5-2-1-3-6-13;1-4(7)2-5-3-6;/h1-8,16H,9-10H2;4-7H,2-3H2,1H3;/q-1;;. The normalized spacial score (nSPS) is 16.2. The van der Waals surface area contributed by atoms with Gasteiger partial charge in [-0.15, -0.1) is 6.54 Å². The van der Waals surface area contributed by atoms with Gasteiger partial charge >= 0.3 is 0 Å². The minimum Gasteiger partial charge on any atom is -0.652 e. The van der Waals surface area contributed by atoms with Crippen molar-refractivity contribution in [1.29, 1.82) is 5.26 Å². The van der Waals surface area contributed by atoms with E-state index in [-0.39, 0.29) is 39.9 Å². The SMILES string of the molecule is CC(O)CNCO.N#Cc1cccc2c1C(c1ccccc1)[N-]CC2.[W]. The van der Waals surface area contributed by atoms with E-state index in [2.05, 4.69) is 29.6 Å². The van der Waals surface area contributed by atoms with Crippen LogP contribution >= 0.6 is 0 Å². The molecule has 0 aliphatic carbocycles. The van der Waals surface area contributed by atoms with Gasteiger partial charge in [0.05, 0.1) is 24.5 Å². The van der Waals surface area contributed by atoms with Crippen molar-refractivity contribution in [3.63, 3.8) is 0 Å². The average Bonchev–Trinajstić information content (AvgIpc) is 2.66. The average molecular weight is 522 g/mol. The van der Waals surface area contributed by atoms with Crippen LogP contribution in [0.15, 0.2) is 48.5 Å². The molecule has 0 saturated carbocycles. The Labute approximate surface area is 169 Å². The third kappa shape index (κ3) is 6.32. The van der Waals surface area contributed by atoms with Crippen LogP contribution in [0.2, 0.25) is 0 Å². The zero-order valence-corrected chi connectivity index (χ0v) is 17.7. The van der Waals surface area contributed by atoms with Crippen molar-refractivity contribution in [3.05, 3.63) is 76.1 Å². The fourth-order valence-corrected chi connectivity index (χ4v) is 2.84. The molecule has 0 saturated heterocycles. The van der Waals surface area contributed by atoms with E-state index in [9.17, 15) is 5.26 Å². The maximum absolute atomic E-state index is 9.27. The minimum absolute atomic E-state index is 0. The van der Waals surface area contributed by atoms with Crippen LogP contribution in [0, 0.1) is 11.3 Å². The molecule has 138 valence electrons. The Morgan fingerprint density at radius 3 is 2.54 bits per heavy atom. The number of nitriles is 1. The largest absolute Gasteiger partial charge is 0.652 e. The molecule has 26 heavy (non-hydrogen) atoms. The molecule has 6 heteroatoms. The fourth-order valence-electron chi connectivity index (χ4n) is 2.84. The maximum atomic E-state index is 9.27. The number of benzene rings is 2. The molecule has 0 fully saturated rings. The van der Waals surface area contributed by atoms with E-state index in [0.717, 1.165) is 24.1 Å². The molecular formula is C20H24N3O2W-. The predicted octanol–water partition coefficient (Wildman–Crippen LogP) is 2.48. The monoisotopic (exact) mass is 522 g/mol. The molecule has 2 unspecified atom stereocenters. The van der Waals surface area contributed by atoms with Gasteiger partial charge in [0.1, 0.15) is 0 Å². The third-order valence-electron chi connectivity index (χ3n) is 3.95. The van der Waals surface area contributed by atoms with Crippen molar-refractivity contribution in [2.45, 2.75) is 25.5 Å². The first-order valence-corrected chi connectivity index (χ1v) is 8.40. The molecule has 0 amide bonds. The molecule has 0 radical (unpaired) electrons. The second-order valence-electron chi connectivity index (χ2n) is 5.92. The number of aliphatic hydroxyl groups excluding tert-OH is 2. The molecule has 1 heterocycles. The van der Waals surface area contributed by atoms with Crippen LogP contribution in [0.3, 0.4) is 0 Å². The fraction of sp³-hybridized carbons (Fsp3) is 0.350. The van der Waals surface area contributed by atoms with E-state index in [1.54, 1.807) is 6.92 Å². The van der Waals surface area contributed by atoms with Gasteiger partial charge in [0.2, 0.25) is 0 Å². The number of hydrogen-bond donors (Lipinski definition) is 3. The van der Waals surface area contributed by atoms with E-state index < -0.39 is 0 Å². The van der Waals surface area contributed by atoms with Crippen molar-refractivity contribution in [2.75, 3.05) is 19.8 Å². The van der Waals surface area contributed by atoms with Gasteiger partial charge in [0.25, 0.3) is 0 Å². The number of nitrogens with one attached hydrogen (secondary N) is 1. The van der Waals surface area contributed by atoms with Crippen LogP contribution in [-0.2, 0) is 27.5 Å². The first-order chi connectivity index (χ1) is 12.2. The van der Waals surface area contributed by atoms with Crippen molar-refractivity contribution in [3.8, 4) is 6.07 Å². The van der Waals surface area contributed by atoms with Crippen molar-refractivity contribution in [2.24, 2.45) is 0 Å². The van der Waals surface area contributed by atoms with Crippen molar-refractivity contribution >= 4 is 0 Å². The summed E-state index contributed by atoms with van der Waals surface area (Å²) in [5.41, 5.74) is 4.28. The maximum Gasteiger partial charge on any atom is 0.0994 e. The number of hydrogen-bond acceptors (Lipinski definition) is 4. The van der Waals surface area contributed by atoms with E-state index in [1.165, 1.54) is 11.1 Å². The summed E-state index contributed by atoms with van der Waals surface area (Å²) in [7, 11) is 0. The minimum atomic E-state index is -0.368. The van der Waals surface area contributed by atoms with Crippen LogP contribution in [0.4, 0.5) is 0 Å². The van der Waals surface area contributed by atoms with Gasteiger partial charge in [0, 0.05) is 27.6 Å². The summed E-state index contributed by atoms with van der Waals surface area (Å²) in [5.74, 6) is 0. The van der Waals surface area contributed by atoms with Gasteiger partial charge in [-0.2, -0.15) is 5.26 Å². The zero-order chi connectivity index (χ0) is 18.1. The van der Waals surface area contributed by atoms with Gasteiger partial charge in [-0.3, -0.25) is 5.32 Å². The van der Waals surface area contributed by atoms with Crippen LogP contribution in [-0.4, -0.2) is 36.1 Å². The molecule has 2 aromatic carbocycles. The Hall–Kier alpha value is -1.54. The van der Waals surface area contributed by atoms with Gasteiger partial charge in [-0.25, -0.2) is 0 Å². The van der Waals surface area contributed by atoms with E-state index in [1.807, 2.05) is 30.3 Å². The van der Waals surface area contributed by atoms with Gasteiger partial charge in [0.15, 0.2) is 0 Å². The number of fused-ring (bicyclic) bond motifs is 1. The first-order valence-electron chi connectivity index (χ1n) is 8.40. The summed E-state index contributed by atoms with van der Waals surface area (Å²) < 4.78 is 0. The summed E-state index contributed by atoms with van der Waals surface area (Å²) in [4.78, 5) is 0. The second-order valence-corrected chi connectivity index (χ2v) is 5.92. The summed E-state index contributed by atoms with van der Waals surface area (Å²) in [6.07, 6.45) is 0.570. The first kappa shape index (κ1) is 22.5. The van der Waals surface area contributed by atoms with Gasteiger partial charge in [-0.1, -0.05) is 54.1 Å². The summed E-state index contributed by atoms with van der Waals surface area (Å²) in [5, 5.41) is 33.1. The molecule has 0 spiro atoms. The van der Waals surface area contributed by atoms with Crippen molar-refractivity contribution in [1.82, 2.24) is 5.32 Å². The molecule has 0 aromatic heterocycles. The van der Waals surface area contributed by atoms with E-state index >= 15 is 0 Å². The summed E-state index contributed by atoms with van der Waals surface area (Å²) >= 11 is 0. The van der Waals surface area contributed by atoms with Crippen molar-refractivity contribution < 1.29 is 31.3 Å². The molecule has 1 aliphatic rings. The summed E-state index contributed by atoms with van der Waals surface area (Å²) in [6, 6.07) is 18.5. The van der Waals surface area contributed by atoms with Gasteiger partial charge < -0.3 is 15.5 Å². The molecule has 5 nitrogen and oxygen atoms in total. The quantitative estimate of drug-likeness (QED) is 0.539. The Morgan fingerprint density at radius 2 is 1.96 bits per heavy atom. The molecular weight excluding hydrogens is 498 g/mol. The molecule has 2 aromatic rings. The topological polar surface area (TPSA) is 90.4 Å². The number of nitrogens with zero attached hydrogens (tertiary/aromatic N) is 2. The Bertz CT molecular complexity index is 702. The van der Waals surface area contributed by atoms with Crippen LogP contribution in [0.5, 0.6) is 0 Å². The van der Waals surface area contributed by atoms with Crippen LogP contribution < -0.4 is 5.32 Å². The zero-order valence-electron chi connectivity index (χ0n) is 14.8. The van der Waals surface area contributed by atoms with Crippen LogP contribution in [0.1, 0.15) is 35.2 Å².